The van der Waals surface area contributed by atoms with Crippen LogP contribution in [0.5, 0.6) is 0 Å². The average Bonchev–Trinajstić information content (AvgIpc) is 2.86. The van der Waals surface area contributed by atoms with Crippen molar-refractivity contribution in [2.45, 2.75) is 38.0 Å². The molecule has 2 N–H and O–H groups in total. The molecule has 3 rings (SSSR count). The SMILES string of the molecule is c1c(C2CCNC2)[nH]c2c1CCCC2. The number of aromatic amines is 1. The Labute approximate surface area is 85.1 Å². The number of H-pyrrole nitrogens is 1. The van der Waals surface area contributed by atoms with E-state index < -0.39 is 0 Å². The van der Waals surface area contributed by atoms with Gasteiger partial charge in [0, 0.05) is 23.9 Å². The van der Waals surface area contributed by atoms with Crippen LogP contribution in [0.25, 0.3) is 0 Å². The Morgan fingerprint density at radius 2 is 2.14 bits per heavy atom. The third kappa shape index (κ3) is 1.38. The fourth-order valence-electron chi connectivity index (χ4n) is 2.77. The molecule has 14 heavy (non-hydrogen) atoms. The topological polar surface area (TPSA) is 27.8 Å². The van der Waals surface area contributed by atoms with Gasteiger partial charge in [-0.05, 0) is 50.3 Å². The van der Waals surface area contributed by atoms with Crippen molar-refractivity contribution in [1.82, 2.24) is 10.3 Å². The molecule has 0 saturated carbocycles. The molecule has 0 spiro atoms. The zero-order valence-electron chi connectivity index (χ0n) is 8.60. The van der Waals surface area contributed by atoms with E-state index in [-0.39, 0.29) is 0 Å². The molecule has 0 bridgehead atoms. The Morgan fingerprint density at radius 3 is 2.93 bits per heavy atom. The number of aromatic nitrogens is 1. The number of hydrogen-bond donors (Lipinski definition) is 2. The monoisotopic (exact) mass is 190 g/mol. The minimum atomic E-state index is 0.751. The molecule has 0 radical (unpaired) electrons. The summed E-state index contributed by atoms with van der Waals surface area (Å²) in [5.41, 5.74) is 4.61. The lowest BCUT2D eigenvalue weighted by Gasteiger charge is -2.09. The Balaban J connectivity index is 1.87. The van der Waals surface area contributed by atoms with Crippen molar-refractivity contribution >= 4 is 0 Å². The summed E-state index contributed by atoms with van der Waals surface area (Å²) in [6, 6.07) is 2.42. The summed E-state index contributed by atoms with van der Waals surface area (Å²) in [6.07, 6.45) is 6.63. The standard InChI is InChI=1S/C12H18N2/c1-2-4-11-9(3-1)7-12(14-11)10-5-6-13-8-10/h7,10,13-14H,1-6,8H2. The van der Waals surface area contributed by atoms with E-state index in [1.54, 1.807) is 5.56 Å². The molecule has 2 heterocycles. The first-order valence-corrected chi connectivity index (χ1v) is 5.85. The largest absolute Gasteiger partial charge is 0.362 e. The van der Waals surface area contributed by atoms with Gasteiger partial charge in [0.25, 0.3) is 0 Å². The number of rotatable bonds is 1. The van der Waals surface area contributed by atoms with Crippen molar-refractivity contribution < 1.29 is 0 Å². The highest BCUT2D eigenvalue weighted by Gasteiger charge is 2.20. The zero-order chi connectivity index (χ0) is 9.38. The summed E-state index contributed by atoms with van der Waals surface area (Å²) >= 11 is 0. The molecule has 0 amide bonds. The Kier molecular flexibility index (Phi) is 2.09. The highest BCUT2D eigenvalue weighted by atomic mass is 14.9. The van der Waals surface area contributed by atoms with Gasteiger partial charge in [0.1, 0.15) is 0 Å². The Hall–Kier alpha value is -0.760. The van der Waals surface area contributed by atoms with Crippen LogP contribution in [0, 0.1) is 0 Å². The van der Waals surface area contributed by atoms with Crippen LogP contribution in [-0.2, 0) is 12.8 Å². The molecule has 2 aliphatic rings. The van der Waals surface area contributed by atoms with Crippen molar-refractivity contribution in [3.8, 4) is 0 Å². The zero-order valence-corrected chi connectivity index (χ0v) is 8.60. The second-order valence-corrected chi connectivity index (χ2v) is 4.63. The number of hydrogen-bond acceptors (Lipinski definition) is 1. The fourth-order valence-corrected chi connectivity index (χ4v) is 2.77. The molecular weight excluding hydrogens is 172 g/mol. The van der Waals surface area contributed by atoms with Crippen LogP contribution < -0.4 is 5.32 Å². The van der Waals surface area contributed by atoms with Crippen molar-refractivity contribution in [2.24, 2.45) is 0 Å². The van der Waals surface area contributed by atoms with Gasteiger partial charge in [0.05, 0.1) is 0 Å². The van der Waals surface area contributed by atoms with E-state index in [4.69, 9.17) is 0 Å². The van der Waals surface area contributed by atoms with Crippen LogP contribution >= 0.6 is 0 Å². The average molecular weight is 190 g/mol. The molecule has 1 saturated heterocycles. The predicted octanol–water partition coefficient (Wildman–Crippen LogP) is 1.97. The van der Waals surface area contributed by atoms with E-state index in [2.05, 4.69) is 16.4 Å². The van der Waals surface area contributed by atoms with Crippen LogP contribution in [0.1, 0.15) is 42.1 Å². The van der Waals surface area contributed by atoms with Crippen molar-refractivity contribution in [3.63, 3.8) is 0 Å². The van der Waals surface area contributed by atoms with E-state index in [1.807, 2.05) is 0 Å². The van der Waals surface area contributed by atoms with Crippen LogP contribution in [0.4, 0.5) is 0 Å². The smallest absolute Gasteiger partial charge is 0.0196 e. The molecule has 76 valence electrons. The van der Waals surface area contributed by atoms with Gasteiger partial charge in [-0.25, -0.2) is 0 Å². The fraction of sp³-hybridized carbons (Fsp3) is 0.667. The highest BCUT2D eigenvalue weighted by Crippen LogP contribution is 2.27. The summed E-state index contributed by atoms with van der Waals surface area (Å²) in [6.45, 7) is 2.35. The Bertz CT molecular complexity index is 298. The van der Waals surface area contributed by atoms with Gasteiger partial charge in [0.2, 0.25) is 0 Å². The Morgan fingerprint density at radius 1 is 1.21 bits per heavy atom. The van der Waals surface area contributed by atoms with Crippen LogP contribution in [-0.4, -0.2) is 18.1 Å². The summed E-state index contributed by atoms with van der Waals surface area (Å²) in [5, 5.41) is 3.43. The summed E-state index contributed by atoms with van der Waals surface area (Å²) in [5.74, 6) is 0.751. The van der Waals surface area contributed by atoms with Crippen LogP contribution in [0.15, 0.2) is 6.07 Å². The van der Waals surface area contributed by atoms with Crippen LogP contribution in [0.3, 0.4) is 0 Å². The van der Waals surface area contributed by atoms with E-state index in [1.165, 1.54) is 56.6 Å². The van der Waals surface area contributed by atoms with E-state index in [0.717, 1.165) is 5.92 Å². The normalized spacial score (nSPS) is 26.4. The lowest BCUT2D eigenvalue weighted by Crippen LogP contribution is -2.08. The van der Waals surface area contributed by atoms with Gasteiger partial charge in [-0.2, -0.15) is 0 Å². The maximum absolute atomic E-state index is 3.64. The second-order valence-electron chi connectivity index (χ2n) is 4.63. The first-order chi connectivity index (χ1) is 6.93. The molecule has 1 unspecified atom stereocenters. The third-order valence-corrected chi connectivity index (χ3v) is 3.64. The maximum atomic E-state index is 3.64. The lowest BCUT2D eigenvalue weighted by molar-refractivity contribution is 0.673. The molecule has 1 aliphatic heterocycles. The molecule has 1 aromatic heterocycles. The van der Waals surface area contributed by atoms with Crippen molar-refractivity contribution in [2.75, 3.05) is 13.1 Å². The number of nitrogens with one attached hydrogen (secondary N) is 2. The quantitative estimate of drug-likeness (QED) is 0.696. The maximum Gasteiger partial charge on any atom is 0.0196 e. The summed E-state index contributed by atoms with van der Waals surface area (Å²) in [7, 11) is 0. The van der Waals surface area contributed by atoms with Crippen molar-refractivity contribution in [1.29, 1.82) is 0 Å². The van der Waals surface area contributed by atoms with Gasteiger partial charge < -0.3 is 10.3 Å². The third-order valence-electron chi connectivity index (χ3n) is 3.64. The lowest BCUT2D eigenvalue weighted by atomic mass is 9.97. The number of aryl methyl sites for hydroxylation is 2. The van der Waals surface area contributed by atoms with Gasteiger partial charge in [-0.15, -0.1) is 0 Å². The molecule has 1 aromatic rings. The highest BCUT2D eigenvalue weighted by molar-refractivity contribution is 5.30. The van der Waals surface area contributed by atoms with Crippen molar-refractivity contribution in [3.05, 3.63) is 23.0 Å². The molecule has 2 heteroatoms. The van der Waals surface area contributed by atoms with Gasteiger partial charge in [-0.1, -0.05) is 0 Å². The first-order valence-electron chi connectivity index (χ1n) is 5.85. The second kappa shape index (κ2) is 3.43. The minimum Gasteiger partial charge on any atom is -0.362 e. The van der Waals surface area contributed by atoms with E-state index in [0.29, 0.717) is 0 Å². The van der Waals surface area contributed by atoms with Gasteiger partial charge >= 0.3 is 0 Å². The molecule has 0 aromatic carbocycles. The molecule has 2 nitrogen and oxygen atoms in total. The predicted molar refractivity (Wildman–Crippen MR) is 57.7 cm³/mol. The minimum absolute atomic E-state index is 0.751. The molecule has 1 aliphatic carbocycles. The van der Waals surface area contributed by atoms with Crippen LogP contribution in [0.2, 0.25) is 0 Å². The van der Waals surface area contributed by atoms with Gasteiger partial charge in [-0.3, -0.25) is 0 Å². The van der Waals surface area contributed by atoms with E-state index in [9.17, 15) is 0 Å². The molecule has 1 fully saturated rings. The first kappa shape index (κ1) is 8.54. The van der Waals surface area contributed by atoms with Gasteiger partial charge in [0.15, 0.2) is 0 Å². The molecular formula is C12H18N2. The summed E-state index contributed by atoms with van der Waals surface area (Å²) < 4.78 is 0. The van der Waals surface area contributed by atoms with E-state index >= 15 is 0 Å². The summed E-state index contributed by atoms with van der Waals surface area (Å²) in [4.78, 5) is 3.64. The molecule has 1 atom stereocenters. The number of fused-ring (bicyclic) bond motifs is 1.